The number of halogens is 2. The Labute approximate surface area is 202 Å². The molecule has 1 saturated heterocycles. The van der Waals surface area contributed by atoms with E-state index in [1.807, 2.05) is 0 Å². The predicted molar refractivity (Wildman–Crippen MR) is 133 cm³/mol. The summed E-state index contributed by atoms with van der Waals surface area (Å²) in [6.07, 6.45) is 2.38. The highest BCUT2D eigenvalue weighted by atomic mass is 127. The van der Waals surface area contributed by atoms with Crippen molar-refractivity contribution in [2.45, 2.75) is 44.6 Å². The largest absolute Gasteiger partial charge is 0.377 e. The molecule has 172 valence electrons. The molecule has 2 atom stereocenters. The zero-order valence-electron chi connectivity index (χ0n) is 18.1. The van der Waals surface area contributed by atoms with Crippen molar-refractivity contribution < 1.29 is 13.2 Å². The minimum atomic E-state index is -3.59. The molecule has 1 aliphatic rings. The van der Waals surface area contributed by atoms with Gasteiger partial charge in [-0.2, -0.15) is 0 Å². The molecule has 3 N–H and O–H groups in total. The second-order valence-electron chi connectivity index (χ2n) is 8.29. The molecule has 1 aromatic rings. The van der Waals surface area contributed by atoms with Crippen LogP contribution in [0.5, 0.6) is 0 Å². The monoisotopic (exact) mass is 572 g/mol. The Morgan fingerprint density at radius 2 is 2.00 bits per heavy atom. The highest BCUT2D eigenvalue weighted by Crippen LogP contribution is 2.33. The zero-order valence-corrected chi connectivity index (χ0v) is 22.0. The van der Waals surface area contributed by atoms with Crippen molar-refractivity contribution in [3.63, 3.8) is 0 Å². The van der Waals surface area contributed by atoms with Gasteiger partial charge in [0.25, 0.3) is 0 Å². The van der Waals surface area contributed by atoms with Crippen LogP contribution >= 0.6 is 35.6 Å². The SMILES string of the molecule is CN=C(NCCNS(=O)(=O)c1cccc(Cl)c1)NCC1CCCOC1C(C)(C)C.I. The first-order valence-electron chi connectivity index (χ1n) is 9.95. The molecular weight excluding hydrogens is 539 g/mol. The standard InChI is InChI=1S/C20H33ClN4O3S.HI/c1-20(2,3)18-15(7-6-12-28-18)14-24-19(22-4)23-10-11-25-29(26,27)17-9-5-8-16(21)13-17;/h5,8-9,13,15,18,25H,6-7,10-12,14H2,1-4H3,(H2,22,23,24);1H. The summed E-state index contributed by atoms with van der Waals surface area (Å²) in [4.78, 5) is 4.37. The number of rotatable bonds is 7. The van der Waals surface area contributed by atoms with Gasteiger partial charge < -0.3 is 15.4 Å². The van der Waals surface area contributed by atoms with Crippen LogP contribution in [-0.2, 0) is 14.8 Å². The number of nitrogens with zero attached hydrogens (tertiary/aromatic N) is 1. The summed E-state index contributed by atoms with van der Waals surface area (Å²) in [5, 5.41) is 6.87. The summed E-state index contributed by atoms with van der Waals surface area (Å²) >= 11 is 5.87. The summed E-state index contributed by atoms with van der Waals surface area (Å²) in [5.41, 5.74) is 0.0856. The van der Waals surface area contributed by atoms with E-state index in [-0.39, 0.29) is 46.9 Å². The van der Waals surface area contributed by atoms with Crippen molar-refractivity contribution in [1.82, 2.24) is 15.4 Å². The molecule has 0 radical (unpaired) electrons. The van der Waals surface area contributed by atoms with Gasteiger partial charge in [-0.3, -0.25) is 4.99 Å². The number of nitrogens with one attached hydrogen (secondary N) is 3. The van der Waals surface area contributed by atoms with Gasteiger partial charge in [0.05, 0.1) is 11.0 Å². The summed E-state index contributed by atoms with van der Waals surface area (Å²) in [6, 6.07) is 6.19. The van der Waals surface area contributed by atoms with Crippen molar-refractivity contribution in [2.75, 3.05) is 33.3 Å². The molecule has 10 heteroatoms. The summed E-state index contributed by atoms with van der Waals surface area (Å²) in [5.74, 6) is 1.05. The molecule has 2 rings (SSSR count). The molecule has 1 aliphatic heterocycles. The fourth-order valence-corrected chi connectivity index (χ4v) is 4.87. The Bertz CT molecular complexity index is 799. The Morgan fingerprint density at radius 1 is 1.27 bits per heavy atom. The van der Waals surface area contributed by atoms with Gasteiger partial charge in [-0.05, 0) is 36.5 Å². The van der Waals surface area contributed by atoms with Crippen LogP contribution in [0.2, 0.25) is 5.02 Å². The van der Waals surface area contributed by atoms with Gasteiger partial charge in [0, 0.05) is 44.2 Å². The van der Waals surface area contributed by atoms with Crippen molar-refractivity contribution in [1.29, 1.82) is 0 Å². The summed E-state index contributed by atoms with van der Waals surface area (Å²) < 4.78 is 33.2. The van der Waals surface area contributed by atoms with E-state index in [4.69, 9.17) is 16.3 Å². The van der Waals surface area contributed by atoms with E-state index in [0.717, 1.165) is 26.0 Å². The number of ether oxygens (including phenoxy) is 1. The van der Waals surface area contributed by atoms with Gasteiger partial charge in [-0.25, -0.2) is 13.1 Å². The number of benzene rings is 1. The zero-order chi connectivity index (χ0) is 21.5. The summed E-state index contributed by atoms with van der Waals surface area (Å²) in [7, 11) is -1.89. The van der Waals surface area contributed by atoms with Crippen molar-refractivity contribution >= 4 is 51.6 Å². The molecule has 0 aliphatic carbocycles. The molecule has 1 aromatic carbocycles. The van der Waals surface area contributed by atoms with Crippen LogP contribution in [0.15, 0.2) is 34.2 Å². The predicted octanol–water partition coefficient (Wildman–Crippen LogP) is 3.24. The molecule has 0 amide bonds. The van der Waals surface area contributed by atoms with E-state index in [9.17, 15) is 8.42 Å². The number of sulfonamides is 1. The van der Waals surface area contributed by atoms with Gasteiger partial charge in [-0.15, -0.1) is 24.0 Å². The fraction of sp³-hybridized carbons (Fsp3) is 0.650. The Morgan fingerprint density at radius 3 is 2.63 bits per heavy atom. The Kier molecular flexibility index (Phi) is 11.4. The van der Waals surface area contributed by atoms with Crippen LogP contribution in [0.25, 0.3) is 0 Å². The highest BCUT2D eigenvalue weighted by Gasteiger charge is 2.35. The van der Waals surface area contributed by atoms with Gasteiger partial charge >= 0.3 is 0 Å². The third-order valence-corrected chi connectivity index (χ3v) is 6.56. The van der Waals surface area contributed by atoms with E-state index in [1.54, 1.807) is 19.2 Å². The average molecular weight is 573 g/mol. The van der Waals surface area contributed by atoms with E-state index in [0.29, 0.717) is 23.4 Å². The molecule has 7 nitrogen and oxygen atoms in total. The minimum Gasteiger partial charge on any atom is -0.377 e. The topological polar surface area (TPSA) is 91.8 Å². The average Bonchev–Trinajstić information content (AvgIpc) is 2.67. The van der Waals surface area contributed by atoms with E-state index >= 15 is 0 Å². The third-order valence-electron chi connectivity index (χ3n) is 4.87. The molecule has 0 saturated carbocycles. The number of hydrogen-bond acceptors (Lipinski definition) is 4. The van der Waals surface area contributed by atoms with E-state index in [2.05, 4.69) is 41.1 Å². The van der Waals surface area contributed by atoms with Gasteiger partial charge in [0.2, 0.25) is 10.0 Å². The third kappa shape index (κ3) is 8.49. The van der Waals surface area contributed by atoms with Crippen LogP contribution in [0.4, 0.5) is 0 Å². The lowest BCUT2D eigenvalue weighted by Crippen LogP contribution is -2.48. The smallest absolute Gasteiger partial charge is 0.240 e. The Hall–Kier alpha value is -0.620. The first kappa shape index (κ1) is 27.4. The molecule has 0 bridgehead atoms. The van der Waals surface area contributed by atoms with Crippen molar-refractivity contribution in [2.24, 2.45) is 16.3 Å². The molecule has 0 spiro atoms. The van der Waals surface area contributed by atoms with Crippen LogP contribution in [0, 0.1) is 11.3 Å². The van der Waals surface area contributed by atoms with Crippen molar-refractivity contribution in [3.8, 4) is 0 Å². The maximum Gasteiger partial charge on any atom is 0.240 e. The molecule has 1 fully saturated rings. The first-order valence-corrected chi connectivity index (χ1v) is 11.8. The van der Waals surface area contributed by atoms with Gasteiger partial charge in [-0.1, -0.05) is 38.4 Å². The lowest BCUT2D eigenvalue weighted by molar-refractivity contribution is -0.0835. The normalized spacial score (nSPS) is 20.4. The lowest BCUT2D eigenvalue weighted by Gasteiger charge is -2.40. The Balaban J connectivity index is 0.00000450. The lowest BCUT2D eigenvalue weighted by atomic mass is 9.78. The number of aliphatic imine (C=N–C) groups is 1. The maximum atomic E-state index is 12.3. The minimum absolute atomic E-state index is 0. The van der Waals surface area contributed by atoms with Gasteiger partial charge in [0.15, 0.2) is 5.96 Å². The quantitative estimate of drug-likeness (QED) is 0.202. The van der Waals surface area contributed by atoms with Crippen molar-refractivity contribution in [3.05, 3.63) is 29.3 Å². The second kappa shape index (κ2) is 12.4. The fourth-order valence-electron chi connectivity index (χ4n) is 3.54. The molecule has 30 heavy (non-hydrogen) atoms. The molecular formula is C20H34ClIN4O3S. The molecule has 0 aromatic heterocycles. The van der Waals surface area contributed by atoms with Crippen LogP contribution in [0.3, 0.4) is 0 Å². The maximum absolute atomic E-state index is 12.3. The van der Waals surface area contributed by atoms with Crippen LogP contribution < -0.4 is 15.4 Å². The van der Waals surface area contributed by atoms with Crippen LogP contribution in [-0.4, -0.2) is 53.8 Å². The number of hydrogen-bond donors (Lipinski definition) is 3. The number of guanidine groups is 1. The van der Waals surface area contributed by atoms with Gasteiger partial charge in [0.1, 0.15) is 0 Å². The first-order chi connectivity index (χ1) is 13.6. The molecule has 1 heterocycles. The van der Waals surface area contributed by atoms with Crippen LogP contribution in [0.1, 0.15) is 33.6 Å². The highest BCUT2D eigenvalue weighted by molar-refractivity contribution is 14.0. The molecule has 2 unspecified atom stereocenters. The van der Waals surface area contributed by atoms with E-state index < -0.39 is 10.0 Å². The van der Waals surface area contributed by atoms with E-state index in [1.165, 1.54) is 12.1 Å². The second-order valence-corrected chi connectivity index (χ2v) is 10.5. The summed E-state index contributed by atoms with van der Waals surface area (Å²) in [6.45, 7) is 8.82.